The molecule has 3 rings (SSSR count). The molecule has 2 aromatic rings. The van der Waals surface area contributed by atoms with Gasteiger partial charge in [0, 0.05) is 19.2 Å². The number of benzene rings is 1. The molecule has 126 valence electrons. The summed E-state index contributed by atoms with van der Waals surface area (Å²) in [6, 6.07) is 8.23. The molecule has 2 N–H and O–H groups in total. The van der Waals surface area contributed by atoms with Gasteiger partial charge in [0.1, 0.15) is 5.82 Å². The van der Waals surface area contributed by atoms with E-state index in [4.69, 9.17) is 9.84 Å². The van der Waals surface area contributed by atoms with E-state index in [1.807, 2.05) is 12.1 Å². The molecule has 0 bridgehead atoms. The molecule has 7 heteroatoms. The first kappa shape index (κ1) is 16.4. The first-order valence-electron chi connectivity index (χ1n) is 7.75. The average Bonchev–Trinajstić information content (AvgIpc) is 2.55. The zero-order valence-electron chi connectivity index (χ0n) is 13.4. The van der Waals surface area contributed by atoms with Gasteiger partial charge in [-0.3, -0.25) is 9.69 Å². The van der Waals surface area contributed by atoms with Crippen LogP contribution in [0, 0.1) is 6.92 Å². The molecule has 7 nitrogen and oxygen atoms in total. The number of nitrogens with zero attached hydrogens (tertiary/aromatic N) is 2. The van der Waals surface area contributed by atoms with E-state index in [-0.39, 0.29) is 17.2 Å². The number of aryl methyl sites for hydroxylation is 1. The van der Waals surface area contributed by atoms with Gasteiger partial charge in [-0.1, -0.05) is 12.1 Å². The third-order valence-corrected chi connectivity index (χ3v) is 4.05. The fraction of sp³-hybridized carbons (Fsp3) is 0.353. The Balaban J connectivity index is 1.81. The van der Waals surface area contributed by atoms with Crippen LogP contribution in [0.15, 0.2) is 35.1 Å². The van der Waals surface area contributed by atoms with Gasteiger partial charge in [-0.2, -0.15) is 0 Å². The van der Waals surface area contributed by atoms with Crippen LogP contribution in [-0.4, -0.2) is 45.7 Å². The van der Waals surface area contributed by atoms with Crippen LogP contribution < -0.4 is 5.56 Å². The predicted molar refractivity (Wildman–Crippen MR) is 87.0 cm³/mol. The van der Waals surface area contributed by atoms with E-state index in [1.54, 1.807) is 19.1 Å². The first-order valence-corrected chi connectivity index (χ1v) is 7.75. The van der Waals surface area contributed by atoms with Crippen LogP contribution in [0.3, 0.4) is 0 Å². The minimum absolute atomic E-state index is 0.0982. The maximum atomic E-state index is 11.7. The lowest BCUT2D eigenvalue weighted by Crippen LogP contribution is -2.40. The fourth-order valence-electron chi connectivity index (χ4n) is 2.86. The number of nitrogens with one attached hydrogen (secondary N) is 1. The zero-order chi connectivity index (χ0) is 17.1. The van der Waals surface area contributed by atoms with Gasteiger partial charge >= 0.3 is 5.97 Å². The van der Waals surface area contributed by atoms with E-state index in [0.717, 1.165) is 12.1 Å². The quantitative estimate of drug-likeness (QED) is 0.879. The number of aromatic carboxylic acids is 1. The van der Waals surface area contributed by atoms with Gasteiger partial charge in [0.25, 0.3) is 5.56 Å². The fourth-order valence-corrected chi connectivity index (χ4v) is 2.86. The summed E-state index contributed by atoms with van der Waals surface area (Å²) in [5.74, 6) is -0.359. The molecular formula is C17H19N3O4. The number of hydrogen-bond acceptors (Lipinski definition) is 5. The Morgan fingerprint density at radius 2 is 2.17 bits per heavy atom. The summed E-state index contributed by atoms with van der Waals surface area (Å²) in [6.45, 7) is 4.21. The number of carbonyl (C=O) groups is 1. The molecule has 1 unspecified atom stereocenters. The molecule has 0 saturated carbocycles. The number of carboxylic acids is 1. The highest BCUT2D eigenvalue weighted by molar-refractivity contribution is 5.87. The van der Waals surface area contributed by atoms with Crippen LogP contribution in [-0.2, 0) is 11.3 Å². The van der Waals surface area contributed by atoms with Crippen molar-refractivity contribution < 1.29 is 14.6 Å². The van der Waals surface area contributed by atoms with Gasteiger partial charge in [0.2, 0.25) is 0 Å². The molecule has 1 aromatic heterocycles. The molecule has 1 fully saturated rings. The second-order valence-electron chi connectivity index (χ2n) is 5.82. The van der Waals surface area contributed by atoms with Crippen molar-refractivity contribution in [2.24, 2.45) is 0 Å². The maximum absolute atomic E-state index is 11.7. The normalized spacial score (nSPS) is 18.5. The van der Waals surface area contributed by atoms with Crippen molar-refractivity contribution >= 4 is 5.97 Å². The Bertz CT molecular complexity index is 785. The summed E-state index contributed by atoms with van der Waals surface area (Å²) in [5.41, 5.74) is 1.80. The largest absolute Gasteiger partial charge is 0.478 e. The number of hydrogen-bond donors (Lipinski definition) is 2. The summed E-state index contributed by atoms with van der Waals surface area (Å²) < 4.78 is 5.56. The zero-order valence-corrected chi connectivity index (χ0v) is 13.4. The van der Waals surface area contributed by atoms with Gasteiger partial charge in [-0.15, -0.1) is 0 Å². The monoisotopic (exact) mass is 329 g/mol. The van der Waals surface area contributed by atoms with E-state index < -0.39 is 5.97 Å². The number of aromatic amines is 1. The van der Waals surface area contributed by atoms with Crippen molar-refractivity contribution in [2.45, 2.75) is 19.5 Å². The van der Waals surface area contributed by atoms with Gasteiger partial charge in [0.15, 0.2) is 0 Å². The molecule has 1 aliphatic rings. The third kappa shape index (κ3) is 3.69. The highest BCUT2D eigenvalue weighted by Crippen LogP contribution is 2.24. The molecule has 24 heavy (non-hydrogen) atoms. The Morgan fingerprint density at radius 1 is 1.42 bits per heavy atom. The minimum atomic E-state index is -0.936. The Morgan fingerprint density at radius 3 is 2.83 bits per heavy atom. The molecular weight excluding hydrogens is 310 g/mol. The highest BCUT2D eigenvalue weighted by Gasteiger charge is 2.26. The predicted octanol–water partition coefficient (Wildman–Crippen LogP) is 1.35. The van der Waals surface area contributed by atoms with Gasteiger partial charge in [-0.05, 0) is 24.6 Å². The summed E-state index contributed by atoms with van der Waals surface area (Å²) in [7, 11) is 0. The third-order valence-electron chi connectivity index (χ3n) is 4.05. The number of morpholine rings is 1. The summed E-state index contributed by atoms with van der Waals surface area (Å²) in [4.78, 5) is 31.9. The second kappa shape index (κ2) is 6.94. The SMILES string of the molecule is Cc1nc(C2COCCN2Cc2ccc(C(=O)O)cc2)cc(=O)[nH]1. The molecule has 0 radical (unpaired) electrons. The van der Waals surface area contributed by atoms with Gasteiger partial charge in [0.05, 0.1) is 30.5 Å². The van der Waals surface area contributed by atoms with Crippen LogP contribution >= 0.6 is 0 Å². The van der Waals surface area contributed by atoms with E-state index in [2.05, 4.69) is 14.9 Å². The van der Waals surface area contributed by atoms with Crippen molar-refractivity contribution in [1.82, 2.24) is 14.9 Å². The number of rotatable bonds is 4. The van der Waals surface area contributed by atoms with Crippen molar-refractivity contribution in [3.8, 4) is 0 Å². The van der Waals surface area contributed by atoms with Gasteiger partial charge in [-0.25, -0.2) is 9.78 Å². The van der Waals surface area contributed by atoms with Crippen molar-refractivity contribution in [3.63, 3.8) is 0 Å². The van der Waals surface area contributed by atoms with Crippen LogP contribution in [0.2, 0.25) is 0 Å². The van der Waals surface area contributed by atoms with Crippen LogP contribution in [0.1, 0.15) is 33.5 Å². The number of H-pyrrole nitrogens is 1. The number of aromatic nitrogens is 2. The van der Waals surface area contributed by atoms with Crippen molar-refractivity contribution in [3.05, 3.63) is 63.3 Å². The molecule has 0 spiro atoms. The summed E-state index contributed by atoms with van der Waals surface area (Å²) in [5, 5.41) is 8.97. The highest BCUT2D eigenvalue weighted by atomic mass is 16.5. The van der Waals surface area contributed by atoms with Crippen molar-refractivity contribution in [1.29, 1.82) is 0 Å². The second-order valence-corrected chi connectivity index (χ2v) is 5.82. The topological polar surface area (TPSA) is 95.5 Å². The molecule has 1 aliphatic heterocycles. The van der Waals surface area contributed by atoms with Crippen LogP contribution in [0.4, 0.5) is 0 Å². The van der Waals surface area contributed by atoms with Crippen molar-refractivity contribution in [2.75, 3.05) is 19.8 Å². The number of carboxylic acid groups (broad SMARTS) is 1. The summed E-state index contributed by atoms with van der Waals surface area (Å²) in [6.07, 6.45) is 0. The molecule has 0 amide bonds. The average molecular weight is 329 g/mol. The van der Waals surface area contributed by atoms with E-state index in [9.17, 15) is 9.59 Å². The molecule has 1 atom stereocenters. The first-order chi connectivity index (χ1) is 11.5. The molecule has 0 aliphatic carbocycles. The lowest BCUT2D eigenvalue weighted by Gasteiger charge is -2.35. The maximum Gasteiger partial charge on any atom is 0.335 e. The Hall–Kier alpha value is -2.51. The summed E-state index contributed by atoms with van der Waals surface area (Å²) >= 11 is 0. The van der Waals surface area contributed by atoms with Crippen LogP contribution in [0.25, 0.3) is 0 Å². The van der Waals surface area contributed by atoms with E-state index in [0.29, 0.717) is 31.3 Å². The Labute approximate surface area is 138 Å². The molecule has 1 aromatic carbocycles. The standard InChI is InChI=1S/C17H19N3O4/c1-11-18-14(8-16(21)19-11)15-10-24-7-6-20(15)9-12-2-4-13(5-3-12)17(22)23/h2-5,8,15H,6-7,9-10H2,1H3,(H,22,23)(H,18,19,21). The van der Waals surface area contributed by atoms with E-state index in [1.165, 1.54) is 6.07 Å². The lowest BCUT2D eigenvalue weighted by molar-refractivity contribution is -0.0143. The van der Waals surface area contributed by atoms with E-state index >= 15 is 0 Å². The number of ether oxygens (including phenoxy) is 1. The Kier molecular flexibility index (Phi) is 4.73. The minimum Gasteiger partial charge on any atom is -0.478 e. The van der Waals surface area contributed by atoms with Crippen LogP contribution in [0.5, 0.6) is 0 Å². The lowest BCUT2D eigenvalue weighted by atomic mass is 10.1. The smallest absolute Gasteiger partial charge is 0.335 e. The van der Waals surface area contributed by atoms with Gasteiger partial charge < -0.3 is 14.8 Å². The molecule has 2 heterocycles. The molecule has 1 saturated heterocycles.